The van der Waals surface area contributed by atoms with Crippen LogP contribution in [0.5, 0.6) is 11.5 Å². The number of carbonyl (C=O) groups is 2. The molecule has 0 unspecified atom stereocenters. The van der Waals surface area contributed by atoms with Gasteiger partial charge >= 0.3 is 12.1 Å². The van der Waals surface area contributed by atoms with Crippen molar-refractivity contribution >= 4 is 23.2 Å². The minimum Gasteiger partial charge on any atom is -0.487 e. The number of hydrogen-bond donors (Lipinski definition) is 1. The van der Waals surface area contributed by atoms with E-state index in [2.05, 4.69) is 10.3 Å². The number of esters is 1. The van der Waals surface area contributed by atoms with Gasteiger partial charge in [0.1, 0.15) is 33.7 Å². The predicted octanol–water partition coefficient (Wildman–Crippen LogP) is 7.37. The van der Waals surface area contributed by atoms with Gasteiger partial charge < -0.3 is 19.5 Å². The summed E-state index contributed by atoms with van der Waals surface area (Å²) in [4.78, 5) is 30.4. The molecule has 0 atom stereocenters. The van der Waals surface area contributed by atoms with Crippen molar-refractivity contribution in [1.82, 2.24) is 10.3 Å². The number of para-hydroxylation sites is 1. The van der Waals surface area contributed by atoms with Gasteiger partial charge in [-0.3, -0.25) is 4.79 Å². The number of rotatable bonds is 11. The molecule has 1 heterocycles. The number of benzene rings is 3. The molecule has 226 valence electrons. The number of thiazole rings is 1. The highest BCUT2D eigenvalue weighted by molar-refractivity contribution is 7.17. The number of aromatic nitrogens is 1. The lowest BCUT2D eigenvalue weighted by atomic mass is 10.1. The van der Waals surface area contributed by atoms with Crippen LogP contribution in [-0.2, 0) is 28.9 Å². The van der Waals surface area contributed by atoms with Gasteiger partial charge in [-0.05, 0) is 75.2 Å². The lowest BCUT2D eigenvalue weighted by Crippen LogP contribution is -2.39. The lowest BCUT2D eigenvalue weighted by Gasteiger charge is -2.24. The Hall–Kier alpha value is -4.38. The third-order valence-electron chi connectivity index (χ3n) is 6.37. The summed E-state index contributed by atoms with van der Waals surface area (Å²) in [5.74, 6) is 0.193. The van der Waals surface area contributed by atoms with E-state index in [0.717, 1.165) is 34.6 Å². The summed E-state index contributed by atoms with van der Waals surface area (Å²) in [6, 6.07) is 18.9. The molecular weight excluding hydrogens is 581 g/mol. The van der Waals surface area contributed by atoms with E-state index in [1.165, 1.54) is 12.1 Å². The van der Waals surface area contributed by atoms with Crippen molar-refractivity contribution in [2.24, 2.45) is 0 Å². The number of nitrogens with zero attached hydrogens (tertiary/aromatic N) is 1. The maximum atomic E-state index is 13.4. The van der Waals surface area contributed by atoms with E-state index >= 15 is 0 Å². The van der Waals surface area contributed by atoms with E-state index < -0.39 is 29.2 Å². The first-order chi connectivity index (χ1) is 20.4. The molecule has 1 amide bonds. The molecule has 1 N–H and O–H groups in total. The Morgan fingerprint density at radius 1 is 0.953 bits per heavy atom. The zero-order valence-electron chi connectivity index (χ0n) is 24.1. The number of hydrogen-bond acceptors (Lipinski definition) is 7. The Balaban J connectivity index is 1.51. The third-order valence-corrected chi connectivity index (χ3v) is 7.52. The zero-order chi connectivity index (χ0) is 31.2. The standard InChI is InChI=1S/C32H31F3N2O5S/c1-5-40-30(39)31(3,4)42-25-16-13-22(20(2)17-25)18-36-28(38)27-26(19-41-24-9-7-6-8-10-24)37-29(43-27)21-11-14-23(15-12-21)32(33,34)35/h6-17H,5,18-19H2,1-4H3,(H,36,38). The molecule has 43 heavy (non-hydrogen) atoms. The van der Waals surface area contributed by atoms with Crippen molar-refractivity contribution in [3.8, 4) is 22.1 Å². The summed E-state index contributed by atoms with van der Waals surface area (Å²) < 4.78 is 55.9. The summed E-state index contributed by atoms with van der Waals surface area (Å²) >= 11 is 1.08. The van der Waals surface area contributed by atoms with Crippen LogP contribution in [-0.4, -0.2) is 29.1 Å². The molecular formula is C32H31F3N2O5S. The van der Waals surface area contributed by atoms with Crippen molar-refractivity contribution in [1.29, 1.82) is 0 Å². The van der Waals surface area contributed by atoms with Crippen molar-refractivity contribution in [2.75, 3.05) is 6.61 Å². The number of ether oxygens (including phenoxy) is 3. The van der Waals surface area contributed by atoms with E-state index in [1.807, 2.05) is 25.1 Å². The molecule has 4 aromatic rings. The van der Waals surface area contributed by atoms with E-state index in [-0.39, 0.29) is 19.8 Å². The number of alkyl halides is 3. The Kier molecular flexibility index (Phi) is 9.75. The maximum absolute atomic E-state index is 13.4. The molecule has 0 aliphatic heterocycles. The molecule has 0 fully saturated rings. The number of amides is 1. The molecule has 0 saturated heterocycles. The Labute approximate surface area is 251 Å². The van der Waals surface area contributed by atoms with Crippen LogP contribution in [0, 0.1) is 6.92 Å². The first-order valence-electron chi connectivity index (χ1n) is 13.5. The lowest BCUT2D eigenvalue weighted by molar-refractivity contribution is -0.158. The van der Waals surface area contributed by atoms with Gasteiger partial charge in [0.2, 0.25) is 0 Å². The quantitative estimate of drug-likeness (QED) is 0.178. The van der Waals surface area contributed by atoms with Gasteiger partial charge in [-0.1, -0.05) is 36.4 Å². The van der Waals surface area contributed by atoms with Crippen molar-refractivity contribution in [2.45, 2.75) is 52.6 Å². The Morgan fingerprint density at radius 3 is 2.28 bits per heavy atom. The largest absolute Gasteiger partial charge is 0.487 e. The highest BCUT2D eigenvalue weighted by Crippen LogP contribution is 2.33. The van der Waals surface area contributed by atoms with Crippen molar-refractivity contribution < 1.29 is 37.0 Å². The summed E-state index contributed by atoms with van der Waals surface area (Å²) in [6.07, 6.45) is -4.46. The van der Waals surface area contributed by atoms with Crippen LogP contribution in [0.4, 0.5) is 13.2 Å². The second kappa shape index (κ2) is 13.3. The van der Waals surface area contributed by atoms with E-state index in [4.69, 9.17) is 14.2 Å². The first-order valence-corrected chi connectivity index (χ1v) is 14.3. The fourth-order valence-electron chi connectivity index (χ4n) is 4.05. The first kappa shape index (κ1) is 31.6. The maximum Gasteiger partial charge on any atom is 0.416 e. The van der Waals surface area contributed by atoms with E-state index in [0.29, 0.717) is 32.6 Å². The monoisotopic (exact) mass is 612 g/mol. The second-order valence-corrected chi connectivity index (χ2v) is 11.1. The number of halogens is 3. The minimum atomic E-state index is -4.46. The summed E-state index contributed by atoms with van der Waals surface area (Å²) in [5, 5.41) is 3.30. The molecule has 7 nitrogen and oxygen atoms in total. The minimum absolute atomic E-state index is 0.00871. The molecule has 0 spiro atoms. The number of aryl methyl sites for hydroxylation is 1. The average molecular weight is 613 g/mol. The molecule has 11 heteroatoms. The normalized spacial score (nSPS) is 11.6. The number of nitrogens with one attached hydrogen (secondary N) is 1. The van der Waals surface area contributed by atoms with Crippen LogP contribution in [0.2, 0.25) is 0 Å². The average Bonchev–Trinajstić information content (AvgIpc) is 3.40. The fourth-order valence-corrected chi connectivity index (χ4v) is 5.04. The molecule has 0 bridgehead atoms. The summed E-state index contributed by atoms with van der Waals surface area (Å²) in [5.41, 5.74) is 0.532. The smallest absolute Gasteiger partial charge is 0.416 e. The van der Waals surface area contributed by atoms with Gasteiger partial charge in [0.15, 0.2) is 5.60 Å². The molecule has 0 radical (unpaired) electrons. The van der Waals surface area contributed by atoms with Gasteiger partial charge in [-0.25, -0.2) is 9.78 Å². The molecule has 4 rings (SSSR count). The Morgan fingerprint density at radius 2 is 1.65 bits per heavy atom. The number of carbonyl (C=O) groups excluding carboxylic acids is 2. The van der Waals surface area contributed by atoms with Crippen LogP contribution in [0.3, 0.4) is 0 Å². The molecule has 0 saturated carbocycles. The van der Waals surface area contributed by atoms with Crippen LogP contribution < -0.4 is 14.8 Å². The fraction of sp³-hybridized carbons (Fsp3) is 0.281. The highest BCUT2D eigenvalue weighted by Gasteiger charge is 2.32. The second-order valence-electron chi connectivity index (χ2n) is 10.1. The van der Waals surface area contributed by atoms with Gasteiger partial charge in [0.25, 0.3) is 5.91 Å². The van der Waals surface area contributed by atoms with Crippen molar-refractivity contribution in [3.05, 3.63) is 100 Å². The van der Waals surface area contributed by atoms with Crippen LogP contribution in [0.25, 0.3) is 10.6 Å². The molecule has 0 aliphatic carbocycles. The summed E-state index contributed by atoms with van der Waals surface area (Å²) in [7, 11) is 0. The van der Waals surface area contributed by atoms with E-state index in [1.54, 1.807) is 51.1 Å². The van der Waals surface area contributed by atoms with Crippen LogP contribution in [0.15, 0.2) is 72.8 Å². The van der Waals surface area contributed by atoms with Crippen molar-refractivity contribution in [3.63, 3.8) is 0 Å². The summed E-state index contributed by atoms with van der Waals surface area (Å²) in [6.45, 7) is 7.27. The SMILES string of the molecule is CCOC(=O)C(C)(C)Oc1ccc(CNC(=O)c2sc(-c3ccc(C(F)(F)F)cc3)nc2COc2ccccc2)c(C)c1. The Bertz CT molecular complexity index is 1570. The van der Waals surface area contributed by atoms with Gasteiger partial charge in [-0.2, -0.15) is 13.2 Å². The van der Waals surface area contributed by atoms with E-state index in [9.17, 15) is 22.8 Å². The molecule has 3 aromatic carbocycles. The zero-order valence-corrected chi connectivity index (χ0v) is 24.9. The van der Waals surface area contributed by atoms with Gasteiger partial charge in [0, 0.05) is 12.1 Å². The third kappa shape index (κ3) is 8.13. The van der Waals surface area contributed by atoms with Gasteiger partial charge in [-0.15, -0.1) is 11.3 Å². The van der Waals surface area contributed by atoms with Gasteiger partial charge in [0.05, 0.1) is 12.2 Å². The molecule has 0 aliphatic rings. The molecule has 1 aromatic heterocycles. The topological polar surface area (TPSA) is 86.8 Å². The van der Waals surface area contributed by atoms with Crippen LogP contribution >= 0.6 is 11.3 Å². The predicted molar refractivity (Wildman–Crippen MR) is 157 cm³/mol. The van der Waals surface area contributed by atoms with Crippen LogP contribution in [0.1, 0.15) is 52.8 Å². The highest BCUT2D eigenvalue weighted by atomic mass is 32.1.